The number of amides is 2. The Hall–Kier alpha value is -2.09. The number of hydrogen-bond acceptors (Lipinski definition) is 5. The lowest BCUT2D eigenvalue weighted by molar-refractivity contribution is -0.144. The number of ether oxygens (including phenoxy) is 2. The van der Waals surface area contributed by atoms with E-state index < -0.39 is 0 Å². The molecule has 2 heterocycles. The summed E-state index contributed by atoms with van der Waals surface area (Å²) in [6.07, 6.45) is 1.65. The van der Waals surface area contributed by atoms with E-state index in [0.29, 0.717) is 36.4 Å². The van der Waals surface area contributed by atoms with Gasteiger partial charge >= 0.3 is 0 Å². The van der Waals surface area contributed by atoms with Gasteiger partial charge in [-0.2, -0.15) is 0 Å². The molecule has 32 heavy (non-hydrogen) atoms. The number of fused-ring (bicyclic) bond motifs is 1. The first-order valence-electron chi connectivity index (χ1n) is 10.9. The van der Waals surface area contributed by atoms with Gasteiger partial charge in [-0.1, -0.05) is 25.4 Å². The number of carbonyl (C=O) groups excluding carboxylic acids is 2. The van der Waals surface area contributed by atoms with Crippen LogP contribution in [0.2, 0.25) is 5.02 Å². The fraction of sp³-hybridized carbons (Fsp3) is 0.500. The summed E-state index contributed by atoms with van der Waals surface area (Å²) in [6.45, 7) is 5.72. The SMILES string of the molecule is COCC(=O)N(CCC(C)C)CC(=O)N1CCc2sccc2[C@H]1COc1ccc(Cl)cc1. The van der Waals surface area contributed by atoms with E-state index >= 15 is 0 Å². The summed E-state index contributed by atoms with van der Waals surface area (Å²) in [6, 6.07) is 9.08. The quantitative estimate of drug-likeness (QED) is 0.507. The van der Waals surface area contributed by atoms with Gasteiger partial charge in [0.05, 0.1) is 12.6 Å². The summed E-state index contributed by atoms with van der Waals surface area (Å²) < 4.78 is 11.1. The van der Waals surface area contributed by atoms with Gasteiger partial charge in [-0.05, 0) is 60.0 Å². The molecule has 6 nitrogen and oxygen atoms in total. The second-order valence-corrected chi connectivity index (χ2v) is 9.78. The average molecular weight is 479 g/mol. The normalized spacial score (nSPS) is 15.5. The largest absolute Gasteiger partial charge is 0.491 e. The Bertz CT molecular complexity index is 900. The van der Waals surface area contributed by atoms with Gasteiger partial charge in [0.2, 0.25) is 11.8 Å². The number of carbonyl (C=O) groups is 2. The van der Waals surface area contributed by atoms with Crippen molar-refractivity contribution in [2.45, 2.75) is 32.7 Å². The Morgan fingerprint density at radius 2 is 2.00 bits per heavy atom. The fourth-order valence-electron chi connectivity index (χ4n) is 3.76. The molecule has 0 N–H and O–H groups in total. The maximum atomic E-state index is 13.4. The van der Waals surface area contributed by atoms with Gasteiger partial charge in [0.25, 0.3) is 0 Å². The Balaban J connectivity index is 1.74. The molecule has 0 spiro atoms. The number of rotatable bonds is 10. The molecule has 1 aliphatic rings. The van der Waals surface area contributed by atoms with Crippen LogP contribution < -0.4 is 4.74 Å². The molecule has 1 aliphatic heterocycles. The van der Waals surface area contributed by atoms with Crippen molar-refractivity contribution < 1.29 is 19.1 Å². The van der Waals surface area contributed by atoms with E-state index in [0.717, 1.165) is 18.4 Å². The van der Waals surface area contributed by atoms with Crippen LogP contribution in [0.3, 0.4) is 0 Å². The molecule has 0 saturated carbocycles. The number of hydrogen-bond donors (Lipinski definition) is 0. The highest BCUT2D eigenvalue weighted by atomic mass is 35.5. The first-order chi connectivity index (χ1) is 15.4. The second kappa shape index (κ2) is 11.7. The molecule has 2 amide bonds. The van der Waals surface area contributed by atoms with Gasteiger partial charge in [-0.3, -0.25) is 9.59 Å². The van der Waals surface area contributed by atoms with Gasteiger partial charge < -0.3 is 19.3 Å². The Kier molecular flexibility index (Phi) is 8.96. The highest BCUT2D eigenvalue weighted by Gasteiger charge is 2.33. The van der Waals surface area contributed by atoms with Crippen LogP contribution in [0, 0.1) is 5.92 Å². The van der Waals surface area contributed by atoms with Crippen LogP contribution in [-0.2, 0) is 20.7 Å². The number of halogens is 1. The molecule has 3 rings (SSSR count). The van der Waals surface area contributed by atoms with Gasteiger partial charge in [-0.15, -0.1) is 11.3 Å². The van der Waals surface area contributed by atoms with Crippen LogP contribution in [0.1, 0.15) is 36.8 Å². The lowest BCUT2D eigenvalue weighted by Gasteiger charge is -2.37. The molecule has 174 valence electrons. The molecule has 2 aromatic rings. The van der Waals surface area contributed by atoms with Crippen LogP contribution >= 0.6 is 22.9 Å². The summed E-state index contributed by atoms with van der Waals surface area (Å²) in [5, 5.41) is 2.71. The maximum Gasteiger partial charge on any atom is 0.249 e. The Labute approximate surface area is 199 Å². The molecule has 0 fully saturated rings. The van der Waals surface area contributed by atoms with E-state index in [2.05, 4.69) is 25.3 Å². The minimum atomic E-state index is -0.197. The summed E-state index contributed by atoms with van der Waals surface area (Å²) >= 11 is 7.68. The third kappa shape index (κ3) is 6.47. The Morgan fingerprint density at radius 1 is 1.25 bits per heavy atom. The summed E-state index contributed by atoms with van der Waals surface area (Å²) in [5.74, 6) is 0.910. The van der Waals surface area contributed by atoms with E-state index in [1.165, 1.54) is 12.0 Å². The first-order valence-corrected chi connectivity index (χ1v) is 12.2. The molecule has 1 aromatic carbocycles. The molecule has 8 heteroatoms. The summed E-state index contributed by atoms with van der Waals surface area (Å²) in [5.41, 5.74) is 1.13. The third-order valence-electron chi connectivity index (χ3n) is 5.56. The smallest absolute Gasteiger partial charge is 0.249 e. The number of nitrogens with zero attached hydrogens (tertiary/aromatic N) is 2. The van der Waals surface area contributed by atoms with Gasteiger partial charge in [0, 0.05) is 30.1 Å². The zero-order valence-corrected chi connectivity index (χ0v) is 20.5. The predicted octanol–water partition coefficient (Wildman–Crippen LogP) is 4.43. The first kappa shape index (κ1) is 24.6. The third-order valence-corrected chi connectivity index (χ3v) is 6.81. The van der Waals surface area contributed by atoms with Gasteiger partial charge in [0.1, 0.15) is 19.0 Å². The lowest BCUT2D eigenvalue weighted by atomic mass is 10.0. The van der Waals surface area contributed by atoms with Crippen molar-refractivity contribution in [3.63, 3.8) is 0 Å². The van der Waals surface area contributed by atoms with Crippen LogP contribution in [0.15, 0.2) is 35.7 Å². The molecule has 1 aromatic heterocycles. The standard InChI is InChI=1S/C24H31ClN2O4S/c1-17(2)8-11-26(24(29)16-30-3)14-23(28)27-12-9-22-20(10-13-32-22)21(27)15-31-19-6-4-18(25)5-7-19/h4-7,10,13,17,21H,8-9,11-12,14-16H2,1-3H3/t21-/m1/s1. The highest BCUT2D eigenvalue weighted by molar-refractivity contribution is 7.10. The molecule has 0 saturated heterocycles. The highest BCUT2D eigenvalue weighted by Crippen LogP contribution is 2.34. The molecule has 0 radical (unpaired) electrons. The predicted molar refractivity (Wildman–Crippen MR) is 127 cm³/mol. The van der Waals surface area contributed by atoms with E-state index in [4.69, 9.17) is 21.1 Å². The lowest BCUT2D eigenvalue weighted by Crippen LogP contribution is -2.48. The summed E-state index contributed by atoms with van der Waals surface area (Å²) in [4.78, 5) is 30.7. The minimum absolute atomic E-state index is 0.0246. The molecule has 0 unspecified atom stereocenters. The zero-order valence-electron chi connectivity index (χ0n) is 18.9. The molecule has 1 atom stereocenters. The van der Waals surface area contributed by atoms with Crippen molar-refractivity contribution in [1.29, 1.82) is 0 Å². The summed E-state index contributed by atoms with van der Waals surface area (Å²) in [7, 11) is 1.49. The number of benzene rings is 1. The molecule has 0 aliphatic carbocycles. The monoisotopic (exact) mass is 478 g/mol. The van der Waals surface area contributed by atoms with Gasteiger partial charge in [0.15, 0.2) is 0 Å². The molecule has 0 bridgehead atoms. The van der Waals surface area contributed by atoms with Crippen molar-refractivity contribution in [2.24, 2.45) is 5.92 Å². The molecular weight excluding hydrogens is 448 g/mol. The van der Waals surface area contributed by atoms with Crippen LogP contribution in [0.25, 0.3) is 0 Å². The second-order valence-electron chi connectivity index (χ2n) is 8.35. The molecular formula is C24H31ClN2O4S. The fourth-order valence-corrected chi connectivity index (χ4v) is 4.81. The van der Waals surface area contributed by atoms with Crippen molar-refractivity contribution in [3.05, 3.63) is 51.2 Å². The van der Waals surface area contributed by atoms with Crippen molar-refractivity contribution >= 4 is 34.8 Å². The Morgan fingerprint density at radius 3 is 2.69 bits per heavy atom. The average Bonchev–Trinajstić information content (AvgIpc) is 3.25. The van der Waals surface area contributed by atoms with Crippen molar-refractivity contribution in [1.82, 2.24) is 9.80 Å². The number of thiophene rings is 1. The van der Waals surface area contributed by atoms with E-state index in [1.54, 1.807) is 28.4 Å². The number of methoxy groups -OCH3 is 1. The zero-order chi connectivity index (χ0) is 23.1. The van der Waals surface area contributed by atoms with Crippen LogP contribution in [-0.4, -0.2) is 61.6 Å². The topological polar surface area (TPSA) is 59.1 Å². The van der Waals surface area contributed by atoms with Crippen LogP contribution in [0.4, 0.5) is 0 Å². The van der Waals surface area contributed by atoms with Crippen LogP contribution in [0.5, 0.6) is 5.75 Å². The van der Waals surface area contributed by atoms with Gasteiger partial charge in [-0.25, -0.2) is 0 Å². The van der Waals surface area contributed by atoms with E-state index in [9.17, 15) is 9.59 Å². The minimum Gasteiger partial charge on any atom is -0.491 e. The van der Waals surface area contributed by atoms with E-state index in [1.807, 2.05) is 17.0 Å². The van der Waals surface area contributed by atoms with Crippen molar-refractivity contribution in [3.8, 4) is 5.75 Å². The maximum absolute atomic E-state index is 13.4. The van der Waals surface area contributed by atoms with E-state index in [-0.39, 0.29) is 31.0 Å². The van der Waals surface area contributed by atoms with Crippen molar-refractivity contribution in [2.75, 3.05) is 40.0 Å².